The van der Waals surface area contributed by atoms with Gasteiger partial charge in [0.1, 0.15) is 5.82 Å². The molecular weight excluding hydrogens is 246 g/mol. The Balaban J connectivity index is 0.000000956. The zero-order valence-electron chi connectivity index (χ0n) is 14.1. The molecule has 3 nitrogen and oxygen atoms in total. The van der Waals surface area contributed by atoms with Gasteiger partial charge in [0.15, 0.2) is 0 Å². The summed E-state index contributed by atoms with van der Waals surface area (Å²) < 4.78 is 0. The van der Waals surface area contributed by atoms with Gasteiger partial charge >= 0.3 is 0 Å². The van der Waals surface area contributed by atoms with Crippen LogP contribution < -0.4 is 4.90 Å². The first-order valence-electron chi connectivity index (χ1n) is 8.05. The molecule has 0 aliphatic carbocycles. The van der Waals surface area contributed by atoms with Gasteiger partial charge < -0.3 is 4.90 Å². The Morgan fingerprint density at radius 2 is 1.80 bits per heavy atom. The molecule has 114 valence electrons. The smallest absolute Gasteiger partial charge is 0.128 e. The Hall–Kier alpha value is -1.09. The molecule has 2 rings (SSSR count). The van der Waals surface area contributed by atoms with Crippen LogP contribution >= 0.6 is 0 Å². The Bertz CT molecular complexity index is 380. The van der Waals surface area contributed by atoms with Crippen molar-refractivity contribution >= 4 is 5.82 Å². The first-order chi connectivity index (χ1) is 9.61. The average Bonchev–Trinajstić information content (AvgIpc) is 2.45. The van der Waals surface area contributed by atoms with Crippen LogP contribution in [0.25, 0.3) is 0 Å². The fourth-order valence-corrected chi connectivity index (χ4v) is 2.94. The summed E-state index contributed by atoms with van der Waals surface area (Å²) in [5.74, 6) is 1.13. The molecule has 1 aromatic rings. The Morgan fingerprint density at radius 3 is 2.30 bits per heavy atom. The molecule has 1 fully saturated rings. The molecule has 20 heavy (non-hydrogen) atoms. The Labute approximate surface area is 125 Å². The van der Waals surface area contributed by atoms with Crippen molar-refractivity contribution in [2.24, 2.45) is 0 Å². The first-order valence-corrected chi connectivity index (χ1v) is 8.05. The van der Waals surface area contributed by atoms with Crippen molar-refractivity contribution < 1.29 is 0 Å². The molecule has 0 saturated carbocycles. The lowest BCUT2D eigenvalue weighted by Gasteiger charge is -2.45. The van der Waals surface area contributed by atoms with Crippen molar-refractivity contribution in [3.63, 3.8) is 0 Å². The zero-order chi connectivity index (χ0) is 15.1. The summed E-state index contributed by atoms with van der Waals surface area (Å²) in [5.41, 5.74) is 1.29. The quantitative estimate of drug-likeness (QED) is 0.839. The zero-order valence-corrected chi connectivity index (χ0v) is 14.1. The SMILES string of the molecule is CC.CCCN1C(C)CN(c2cc(C)ccn2)CC1C. The van der Waals surface area contributed by atoms with E-state index in [1.165, 1.54) is 18.5 Å². The van der Waals surface area contributed by atoms with Crippen LogP contribution in [-0.2, 0) is 0 Å². The fraction of sp³-hybridized carbons (Fsp3) is 0.706. The average molecular weight is 277 g/mol. The number of nitrogens with zero attached hydrogens (tertiary/aromatic N) is 3. The van der Waals surface area contributed by atoms with E-state index in [1.807, 2.05) is 20.0 Å². The third-order valence-corrected chi connectivity index (χ3v) is 3.81. The van der Waals surface area contributed by atoms with Gasteiger partial charge in [-0.3, -0.25) is 4.90 Å². The summed E-state index contributed by atoms with van der Waals surface area (Å²) in [7, 11) is 0. The molecule has 1 aromatic heterocycles. The van der Waals surface area contributed by atoms with Gasteiger partial charge in [-0.2, -0.15) is 0 Å². The van der Waals surface area contributed by atoms with E-state index in [-0.39, 0.29) is 0 Å². The molecule has 0 bridgehead atoms. The van der Waals surface area contributed by atoms with Crippen LogP contribution in [0.1, 0.15) is 46.6 Å². The van der Waals surface area contributed by atoms with Crippen molar-refractivity contribution in [2.75, 3.05) is 24.5 Å². The fourth-order valence-electron chi connectivity index (χ4n) is 2.94. The van der Waals surface area contributed by atoms with Crippen molar-refractivity contribution in [1.82, 2.24) is 9.88 Å². The third-order valence-electron chi connectivity index (χ3n) is 3.81. The highest BCUT2D eigenvalue weighted by Gasteiger charge is 2.29. The van der Waals surface area contributed by atoms with Gasteiger partial charge in [0.25, 0.3) is 0 Å². The highest BCUT2D eigenvalue weighted by Crippen LogP contribution is 2.21. The number of piperazine rings is 1. The van der Waals surface area contributed by atoms with E-state index in [0.29, 0.717) is 12.1 Å². The molecule has 0 N–H and O–H groups in total. The van der Waals surface area contributed by atoms with Gasteiger partial charge in [-0.25, -0.2) is 4.98 Å². The predicted octanol–water partition coefficient (Wildman–Crippen LogP) is 3.73. The minimum atomic E-state index is 0.607. The van der Waals surface area contributed by atoms with Crippen molar-refractivity contribution in [1.29, 1.82) is 0 Å². The number of aromatic nitrogens is 1. The van der Waals surface area contributed by atoms with E-state index in [4.69, 9.17) is 0 Å². The molecule has 1 aliphatic rings. The molecule has 0 radical (unpaired) electrons. The first kappa shape index (κ1) is 17.0. The van der Waals surface area contributed by atoms with Crippen LogP contribution in [0.5, 0.6) is 0 Å². The molecular formula is C17H31N3. The molecule has 2 heterocycles. The van der Waals surface area contributed by atoms with Crippen LogP contribution in [0.2, 0.25) is 0 Å². The molecule has 2 atom stereocenters. The molecule has 0 amide bonds. The van der Waals surface area contributed by atoms with E-state index in [1.54, 1.807) is 0 Å². The molecule has 3 heteroatoms. The van der Waals surface area contributed by atoms with E-state index < -0.39 is 0 Å². The Kier molecular flexibility index (Phi) is 7.00. The molecule has 1 aliphatic heterocycles. The number of hydrogen-bond donors (Lipinski definition) is 0. The highest BCUT2D eigenvalue weighted by atomic mass is 15.3. The van der Waals surface area contributed by atoms with Gasteiger partial charge in [0, 0.05) is 31.4 Å². The second-order valence-corrected chi connectivity index (χ2v) is 5.53. The van der Waals surface area contributed by atoms with Crippen LogP contribution in [-0.4, -0.2) is 41.6 Å². The lowest BCUT2D eigenvalue weighted by atomic mass is 10.1. The maximum absolute atomic E-state index is 4.51. The van der Waals surface area contributed by atoms with Crippen LogP contribution in [0, 0.1) is 6.92 Å². The molecule has 1 saturated heterocycles. The standard InChI is InChI=1S/C15H25N3.C2H6/c1-5-8-18-13(3)10-17(11-14(18)4)15-9-12(2)6-7-16-15;1-2/h6-7,9,13-14H,5,8,10-11H2,1-4H3;1-2H3. The summed E-state index contributed by atoms with van der Waals surface area (Å²) >= 11 is 0. The Morgan fingerprint density at radius 1 is 1.20 bits per heavy atom. The summed E-state index contributed by atoms with van der Waals surface area (Å²) in [6.45, 7) is 16.4. The van der Waals surface area contributed by atoms with Gasteiger partial charge in [0.2, 0.25) is 0 Å². The van der Waals surface area contributed by atoms with E-state index in [0.717, 1.165) is 18.9 Å². The summed E-state index contributed by atoms with van der Waals surface area (Å²) in [6, 6.07) is 5.46. The monoisotopic (exact) mass is 277 g/mol. The van der Waals surface area contributed by atoms with E-state index in [9.17, 15) is 0 Å². The minimum Gasteiger partial charge on any atom is -0.353 e. The number of pyridine rings is 1. The van der Waals surface area contributed by atoms with Gasteiger partial charge in [-0.05, 0) is 51.4 Å². The van der Waals surface area contributed by atoms with E-state index >= 15 is 0 Å². The van der Waals surface area contributed by atoms with Crippen LogP contribution in [0.3, 0.4) is 0 Å². The normalized spacial score (nSPS) is 23.2. The highest BCUT2D eigenvalue weighted by molar-refractivity contribution is 5.41. The largest absolute Gasteiger partial charge is 0.353 e. The molecule has 2 unspecified atom stereocenters. The molecule has 0 aromatic carbocycles. The second-order valence-electron chi connectivity index (χ2n) is 5.53. The topological polar surface area (TPSA) is 19.4 Å². The van der Waals surface area contributed by atoms with Crippen molar-refractivity contribution in [3.8, 4) is 0 Å². The van der Waals surface area contributed by atoms with Gasteiger partial charge in [-0.1, -0.05) is 20.8 Å². The summed E-state index contributed by atoms with van der Waals surface area (Å²) in [5, 5.41) is 0. The third kappa shape index (κ3) is 4.20. The summed E-state index contributed by atoms with van der Waals surface area (Å²) in [4.78, 5) is 9.55. The number of hydrogen-bond acceptors (Lipinski definition) is 3. The number of anilines is 1. The minimum absolute atomic E-state index is 0.607. The maximum Gasteiger partial charge on any atom is 0.128 e. The predicted molar refractivity (Wildman–Crippen MR) is 88.5 cm³/mol. The summed E-state index contributed by atoms with van der Waals surface area (Å²) in [6.07, 6.45) is 3.15. The lowest BCUT2D eigenvalue weighted by Crippen LogP contribution is -2.57. The number of aryl methyl sites for hydroxylation is 1. The van der Waals surface area contributed by atoms with Crippen LogP contribution in [0.15, 0.2) is 18.3 Å². The van der Waals surface area contributed by atoms with Crippen molar-refractivity contribution in [2.45, 2.75) is 60.0 Å². The van der Waals surface area contributed by atoms with Crippen molar-refractivity contribution in [3.05, 3.63) is 23.9 Å². The molecule has 0 spiro atoms. The number of rotatable bonds is 3. The van der Waals surface area contributed by atoms with Gasteiger partial charge in [-0.15, -0.1) is 0 Å². The van der Waals surface area contributed by atoms with Gasteiger partial charge in [0.05, 0.1) is 0 Å². The van der Waals surface area contributed by atoms with E-state index in [2.05, 4.69) is 54.6 Å². The maximum atomic E-state index is 4.51. The second kappa shape index (κ2) is 8.25. The lowest BCUT2D eigenvalue weighted by molar-refractivity contribution is 0.131. The van der Waals surface area contributed by atoms with Crippen LogP contribution in [0.4, 0.5) is 5.82 Å².